The maximum Gasteiger partial charge on any atom is 0.469 e. The second kappa shape index (κ2) is 8.59. The molecule has 0 heterocycles. The summed E-state index contributed by atoms with van der Waals surface area (Å²) in [6.45, 7) is 3.86. The summed E-state index contributed by atoms with van der Waals surface area (Å²) in [5, 5.41) is 0. The molecule has 2 atom stereocenters. The summed E-state index contributed by atoms with van der Waals surface area (Å²) in [4.78, 5) is 0. The summed E-state index contributed by atoms with van der Waals surface area (Å²) in [7, 11) is -1.78. The van der Waals surface area contributed by atoms with Gasteiger partial charge in [-0.1, -0.05) is 35.4 Å². The number of benzene rings is 2. The molecule has 2 aromatic rings. The van der Waals surface area contributed by atoms with Gasteiger partial charge in [0.25, 0.3) is 0 Å². The van der Waals surface area contributed by atoms with Gasteiger partial charge in [0.15, 0.2) is 0 Å². The van der Waals surface area contributed by atoms with Gasteiger partial charge >= 0.3 is 15.5 Å². The third kappa shape index (κ3) is 5.68. The van der Waals surface area contributed by atoms with Crippen molar-refractivity contribution >= 4 is 15.5 Å². The molecule has 2 rings (SSSR count). The van der Waals surface area contributed by atoms with E-state index in [4.69, 9.17) is 13.4 Å². The average Bonchev–Trinajstić information content (AvgIpc) is 2.58. The number of aryl methyl sites for hydroxylation is 2. The van der Waals surface area contributed by atoms with Crippen LogP contribution in [0.15, 0.2) is 48.5 Å². The SMILES string of the molecule is Cc1ccc(O[P@](=O)(O[P@@](=O)(Oc2ccc(C)cc2)N(C)C)N(C)C)cc1. The van der Waals surface area contributed by atoms with Gasteiger partial charge in [-0.05, 0) is 66.3 Å². The minimum atomic E-state index is -3.95. The minimum absolute atomic E-state index is 0.346. The Morgan fingerprint density at radius 2 is 0.926 bits per heavy atom. The topological polar surface area (TPSA) is 68.3 Å². The van der Waals surface area contributed by atoms with E-state index in [1.165, 1.54) is 37.5 Å². The Bertz CT molecular complexity index is 780. The molecule has 0 spiro atoms. The molecule has 0 aromatic heterocycles. The van der Waals surface area contributed by atoms with Gasteiger partial charge in [0.2, 0.25) is 0 Å². The normalized spacial score (nSPS) is 16.0. The molecule has 0 fully saturated rings. The van der Waals surface area contributed by atoms with Crippen molar-refractivity contribution < 1.29 is 22.5 Å². The average molecular weight is 412 g/mol. The second-order valence-electron chi connectivity index (χ2n) is 6.52. The van der Waals surface area contributed by atoms with Crippen LogP contribution in [-0.2, 0) is 13.4 Å². The van der Waals surface area contributed by atoms with Crippen LogP contribution >= 0.6 is 15.5 Å². The van der Waals surface area contributed by atoms with Crippen molar-refractivity contribution in [1.29, 1.82) is 0 Å². The molecule has 7 nitrogen and oxygen atoms in total. The van der Waals surface area contributed by atoms with E-state index in [0.717, 1.165) is 11.1 Å². The summed E-state index contributed by atoms with van der Waals surface area (Å²) < 4.78 is 45.9. The van der Waals surface area contributed by atoms with Gasteiger partial charge in [-0.25, -0.2) is 18.5 Å². The predicted octanol–water partition coefficient (Wildman–Crippen LogP) is 5.12. The van der Waals surface area contributed by atoms with E-state index in [0.29, 0.717) is 11.5 Å². The van der Waals surface area contributed by atoms with Crippen LogP contribution in [-0.4, -0.2) is 37.5 Å². The summed E-state index contributed by atoms with van der Waals surface area (Å²) in [6.07, 6.45) is 0. The van der Waals surface area contributed by atoms with E-state index in [-0.39, 0.29) is 0 Å². The quantitative estimate of drug-likeness (QED) is 0.558. The lowest BCUT2D eigenvalue weighted by Gasteiger charge is -2.30. The maximum atomic E-state index is 13.3. The molecule has 0 saturated heterocycles. The number of hydrogen-bond acceptors (Lipinski definition) is 5. The first-order valence-electron chi connectivity index (χ1n) is 8.34. The molecule has 0 aliphatic rings. The standard InChI is InChI=1S/C18H26N2O5P2/c1-15-7-11-17(12-8-15)23-26(21,19(3)4)25-27(22,20(5)6)24-18-13-9-16(2)10-14-18/h7-14H,1-6H3/t26-,27-/m0/s1. The van der Waals surface area contributed by atoms with E-state index in [1.807, 2.05) is 38.1 Å². The smallest absolute Gasteiger partial charge is 0.413 e. The lowest BCUT2D eigenvalue weighted by atomic mass is 10.2. The molecule has 0 aliphatic carbocycles. The molecule has 9 heteroatoms. The summed E-state index contributed by atoms with van der Waals surface area (Å²) >= 11 is 0. The first-order valence-corrected chi connectivity index (χ1v) is 11.3. The Morgan fingerprint density at radius 1 is 0.630 bits per heavy atom. The van der Waals surface area contributed by atoms with Crippen LogP contribution in [0.4, 0.5) is 0 Å². The fourth-order valence-electron chi connectivity index (χ4n) is 1.94. The third-order valence-corrected chi connectivity index (χ3v) is 8.16. The van der Waals surface area contributed by atoms with E-state index in [2.05, 4.69) is 0 Å². The van der Waals surface area contributed by atoms with Crippen LogP contribution in [0.3, 0.4) is 0 Å². The van der Waals surface area contributed by atoms with E-state index in [1.54, 1.807) is 24.3 Å². The molecule has 0 radical (unpaired) electrons. The Kier molecular flexibility index (Phi) is 6.90. The highest BCUT2D eigenvalue weighted by Crippen LogP contribution is 2.65. The van der Waals surface area contributed by atoms with Gasteiger partial charge in [0.05, 0.1) is 0 Å². The molecule has 148 valence electrons. The fourth-order valence-corrected chi connectivity index (χ4v) is 5.52. The van der Waals surface area contributed by atoms with Gasteiger partial charge in [0.1, 0.15) is 11.5 Å². The summed E-state index contributed by atoms with van der Waals surface area (Å²) in [5.74, 6) is 0.691. The highest BCUT2D eigenvalue weighted by Gasteiger charge is 2.44. The first-order chi connectivity index (χ1) is 12.5. The van der Waals surface area contributed by atoms with Crippen molar-refractivity contribution in [2.75, 3.05) is 28.2 Å². The summed E-state index contributed by atoms with van der Waals surface area (Å²) in [6, 6.07) is 14.0. The zero-order chi connectivity index (χ0) is 20.2. The van der Waals surface area contributed by atoms with E-state index >= 15 is 0 Å². The van der Waals surface area contributed by atoms with Crippen molar-refractivity contribution in [2.24, 2.45) is 0 Å². The van der Waals surface area contributed by atoms with Gasteiger partial charge < -0.3 is 9.05 Å². The highest BCUT2D eigenvalue weighted by molar-refractivity contribution is 7.65. The molecule has 27 heavy (non-hydrogen) atoms. The van der Waals surface area contributed by atoms with Crippen molar-refractivity contribution in [3.63, 3.8) is 0 Å². The summed E-state index contributed by atoms with van der Waals surface area (Å²) in [5.41, 5.74) is 2.06. The number of nitrogens with zero attached hydrogens (tertiary/aromatic N) is 2. The lowest BCUT2D eigenvalue weighted by Crippen LogP contribution is -2.20. The minimum Gasteiger partial charge on any atom is -0.413 e. The van der Waals surface area contributed by atoms with Crippen LogP contribution in [0.2, 0.25) is 0 Å². The highest BCUT2D eigenvalue weighted by atomic mass is 31.3. The molecule has 0 unspecified atom stereocenters. The molecule has 0 aliphatic heterocycles. The van der Waals surface area contributed by atoms with Crippen LogP contribution in [0, 0.1) is 13.8 Å². The van der Waals surface area contributed by atoms with E-state index in [9.17, 15) is 9.13 Å². The van der Waals surface area contributed by atoms with Gasteiger partial charge in [-0.2, -0.15) is 4.31 Å². The largest absolute Gasteiger partial charge is 0.469 e. The molecular weight excluding hydrogens is 386 g/mol. The van der Waals surface area contributed by atoms with Crippen molar-refractivity contribution in [3.8, 4) is 11.5 Å². The van der Waals surface area contributed by atoms with E-state index < -0.39 is 15.5 Å². The van der Waals surface area contributed by atoms with Crippen LogP contribution in [0.5, 0.6) is 11.5 Å². The van der Waals surface area contributed by atoms with Crippen LogP contribution in [0.25, 0.3) is 0 Å². The van der Waals surface area contributed by atoms with Crippen molar-refractivity contribution in [1.82, 2.24) is 9.34 Å². The van der Waals surface area contributed by atoms with Crippen LogP contribution in [0.1, 0.15) is 11.1 Å². The first kappa shape index (κ1) is 21.7. The third-order valence-electron chi connectivity index (χ3n) is 3.67. The van der Waals surface area contributed by atoms with Gasteiger partial charge in [-0.15, -0.1) is 0 Å². The Balaban J connectivity index is 2.31. The molecule has 0 bridgehead atoms. The Hall–Kier alpha value is -1.62. The molecular formula is C18H26N2O5P2. The maximum absolute atomic E-state index is 13.3. The monoisotopic (exact) mass is 412 g/mol. The van der Waals surface area contributed by atoms with Gasteiger partial charge in [0, 0.05) is 0 Å². The zero-order valence-electron chi connectivity index (χ0n) is 16.4. The predicted molar refractivity (Wildman–Crippen MR) is 107 cm³/mol. The molecule has 0 amide bonds. The van der Waals surface area contributed by atoms with Crippen molar-refractivity contribution in [3.05, 3.63) is 59.7 Å². The fraction of sp³-hybridized carbons (Fsp3) is 0.333. The second-order valence-corrected chi connectivity index (χ2v) is 11.0. The Labute approximate surface area is 161 Å². The number of hydrogen-bond donors (Lipinski definition) is 0. The Morgan fingerprint density at radius 3 is 1.19 bits per heavy atom. The molecule has 2 aromatic carbocycles. The van der Waals surface area contributed by atoms with Gasteiger partial charge in [-0.3, -0.25) is 0 Å². The zero-order valence-corrected chi connectivity index (χ0v) is 18.2. The number of rotatable bonds is 8. The molecule has 0 N–H and O–H groups in total. The van der Waals surface area contributed by atoms with Crippen LogP contribution < -0.4 is 9.05 Å². The molecule has 0 saturated carbocycles. The van der Waals surface area contributed by atoms with Crippen molar-refractivity contribution in [2.45, 2.75) is 13.8 Å². The lowest BCUT2D eigenvalue weighted by molar-refractivity contribution is 0.272.